The first-order valence-electron chi connectivity index (χ1n) is 21.4. The number of nitrogens with two attached hydrogens (primary N) is 2. The second kappa shape index (κ2) is 21.2. The van der Waals surface area contributed by atoms with Crippen LogP contribution in [0.25, 0.3) is 22.3 Å². The third-order valence-corrected chi connectivity index (χ3v) is 17.2. The van der Waals surface area contributed by atoms with Crippen molar-refractivity contribution in [3.8, 4) is 0 Å². The van der Waals surface area contributed by atoms with E-state index in [0.29, 0.717) is 0 Å². The number of imidazole rings is 3. The summed E-state index contributed by atoms with van der Waals surface area (Å²) in [5.41, 5.74) is 9.39. The summed E-state index contributed by atoms with van der Waals surface area (Å²) in [4.78, 5) is 113. The van der Waals surface area contributed by atoms with Crippen LogP contribution in [0.2, 0.25) is 0 Å². The van der Waals surface area contributed by atoms with Crippen molar-refractivity contribution in [2.45, 2.75) is 86.7 Å². The number of aromatic nitrogens is 10. The van der Waals surface area contributed by atoms with Crippen molar-refractivity contribution in [3.05, 3.63) is 51.2 Å². The molecule has 424 valence electrons. The van der Waals surface area contributed by atoms with Crippen LogP contribution >= 0.6 is 39.1 Å². The largest absolute Gasteiger partial charge is 0.490 e. The van der Waals surface area contributed by atoms with Gasteiger partial charge in [-0.05, 0) is 6.92 Å². The minimum atomic E-state index is -6.06. The first-order chi connectivity index (χ1) is 35.9. The minimum Gasteiger partial charge on any atom is -0.387 e. The van der Waals surface area contributed by atoms with Gasteiger partial charge in [0.1, 0.15) is 78.4 Å². The van der Waals surface area contributed by atoms with Gasteiger partial charge in [-0.25, -0.2) is 42.8 Å². The molecular weight excluding hydrogens is 1160 g/mol. The lowest BCUT2D eigenvalue weighted by molar-refractivity contribution is -0.0616. The number of aromatic amines is 2. The minimum absolute atomic E-state index is 0.0338. The summed E-state index contributed by atoms with van der Waals surface area (Å²) in [6, 6.07) is 0. The summed E-state index contributed by atoms with van der Waals surface area (Å²) in [7, 11) is -29.1. The molecule has 41 nitrogen and oxygen atoms in total. The number of phosphoric acid groups is 5. The molecule has 0 spiro atoms. The highest BCUT2D eigenvalue weighted by atomic mass is 31.3. The van der Waals surface area contributed by atoms with Crippen LogP contribution in [0, 0.1) is 6.92 Å². The molecule has 0 saturated carbocycles. The van der Waals surface area contributed by atoms with Crippen molar-refractivity contribution in [2.75, 3.05) is 30.9 Å². The zero-order chi connectivity index (χ0) is 55.9. The van der Waals surface area contributed by atoms with E-state index in [1.165, 1.54) is 6.92 Å². The van der Waals surface area contributed by atoms with Crippen LogP contribution in [0.15, 0.2) is 33.6 Å². The number of nitrogen functional groups attached to an aromatic ring is 1. The Hall–Kier alpha value is -4.51. The number of aliphatic hydroxyl groups is 4. The summed E-state index contributed by atoms with van der Waals surface area (Å²) < 4.78 is 117. The Bertz CT molecular complexity index is 3460. The summed E-state index contributed by atoms with van der Waals surface area (Å²) in [5, 5.41) is 47.7. The van der Waals surface area contributed by atoms with Gasteiger partial charge in [-0.2, -0.15) is 13.6 Å². The second-order valence-electron chi connectivity index (χ2n) is 16.7. The lowest BCUT2D eigenvalue weighted by Gasteiger charge is -2.26. The molecule has 3 fully saturated rings. The Morgan fingerprint density at radius 3 is 1.68 bits per heavy atom. The van der Waals surface area contributed by atoms with Crippen LogP contribution in [0.5, 0.6) is 0 Å². The van der Waals surface area contributed by atoms with E-state index in [2.05, 4.69) is 58.3 Å². The predicted octanol–water partition coefficient (Wildman–Crippen LogP) is -4.07. The SMILES string of the molecule is Cc1nc2c(ncn2[C@@H]2O[C@H](COP(=O)(O)OC3[C@@H](COP(=O)(O)OC4[C@@H](COP(=O)(O)OP(=O)(O)OP(=O)(O)O)O[C@@H](n5cnc6c5NC=NC6N)[C@H]4O)O[C@@H](n4cnc5c(=O)[nH]c(N)nc54)[C@H]3O)C(O)[C@@H]2O)c(=O)[nH]1. The Morgan fingerprint density at radius 1 is 0.623 bits per heavy atom. The van der Waals surface area contributed by atoms with Crippen LogP contribution in [0.1, 0.15) is 36.4 Å². The van der Waals surface area contributed by atoms with Crippen molar-refractivity contribution < 1.29 is 118 Å². The Labute approximate surface area is 425 Å². The van der Waals surface area contributed by atoms with Crippen molar-refractivity contribution in [1.29, 1.82) is 0 Å². The lowest BCUT2D eigenvalue weighted by Crippen LogP contribution is -2.38. The van der Waals surface area contributed by atoms with Gasteiger partial charge in [0, 0.05) is 0 Å². The highest BCUT2D eigenvalue weighted by Gasteiger charge is 2.54. The van der Waals surface area contributed by atoms with Gasteiger partial charge < -0.3 is 85.8 Å². The second-order valence-corrected chi connectivity index (χ2v) is 23.9. The molecular formula is C31H43N14O27P5. The van der Waals surface area contributed by atoms with Gasteiger partial charge in [0.05, 0.1) is 45.1 Å². The fourth-order valence-electron chi connectivity index (χ4n) is 8.23. The Balaban J connectivity index is 0.939. The maximum atomic E-state index is 13.9. The van der Waals surface area contributed by atoms with Gasteiger partial charge in [0.2, 0.25) is 5.95 Å². The number of nitrogens with one attached hydrogen (secondary N) is 3. The molecule has 0 radical (unpaired) electrons. The molecule has 3 saturated heterocycles. The lowest BCUT2D eigenvalue weighted by atomic mass is 10.1. The molecule has 0 amide bonds. The number of aliphatic hydroxyl groups excluding tert-OH is 4. The average molecular weight is 1200 g/mol. The van der Waals surface area contributed by atoms with Crippen LogP contribution in [0.3, 0.4) is 0 Å². The molecule has 5 aromatic rings. The highest BCUT2D eigenvalue weighted by molar-refractivity contribution is 7.66. The topological polar surface area (TPSA) is 601 Å². The van der Waals surface area contributed by atoms with Crippen LogP contribution in [-0.2, 0) is 68.3 Å². The number of aryl methyl sites for hydroxylation is 1. The van der Waals surface area contributed by atoms with E-state index in [9.17, 15) is 72.4 Å². The normalized spacial score (nSPS) is 31.7. The van der Waals surface area contributed by atoms with Gasteiger partial charge in [0.15, 0.2) is 41.0 Å². The quantitative estimate of drug-likeness (QED) is 0.0330. The van der Waals surface area contributed by atoms with Gasteiger partial charge in [0.25, 0.3) is 11.1 Å². The number of H-pyrrole nitrogens is 2. The standard InChI is InChI=1S/C31H43N14O27P5/c1-9-39-24-14(26(50)40-9)37-7-44(24)28-17(47)16(46)10(66-28)2-63-74(55,56)69-20-11(68-30(19(20)49)45-8-38-15-25(45)41-31(33)42-27(15)51)3-64-75(57,58)70-21-12(4-65-76(59,60)72-77(61,62)71-73(52,53)54)67-29(18(21)48)43-6-36-13-22(32)34-5-35-23(13)43/h5-8,10-12,16-22,28-30,46-49H,2-4,32H2,1H3,(H,34,35)(H,55,56)(H,57,58)(H,59,60)(H,61,62)(H,39,40,50)(H2,52,53,54)(H3,33,41,42,51)/t10-,11-,12-,16?,17+,18+,19+,20?,21?,22?,28-,29-,30-/m1/s1. The van der Waals surface area contributed by atoms with E-state index in [-0.39, 0.29) is 39.7 Å². The van der Waals surface area contributed by atoms with Gasteiger partial charge in [-0.3, -0.25) is 55.9 Å². The molecule has 0 aliphatic carbocycles. The number of fused-ring (bicyclic) bond motifs is 3. The maximum absolute atomic E-state index is 13.9. The highest BCUT2D eigenvalue weighted by Crippen LogP contribution is 2.66. The van der Waals surface area contributed by atoms with Gasteiger partial charge in [-0.15, -0.1) is 0 Å². The van der Waals surface area contributed by atoms with Crippen molar-refractivity contribution >= 4 is 79.5 Å². The predicted molar refractivity (Wildman–Crippen MR) is 244 cm³/mol. The number of nitrogens with zero attached hydrogens (tertiary/aromatic N) is 9. The van der Waals surface area contributed by atoms with Crippen molar-refractivity contribution in [1.82, 2.24) is 48.6 Å². The molecule has 77 heavy (non-hydrogen) atoms. The van der Waals surface area contributed by atoms with E-state index >= 15 is 0 Å². The first kappa shape index (κ1) is 57.2. The molecule has 17 atom stereocenters. The van der Waals surface area contributed by atoms with E-state index in [4.69, 9.17) is 53.6 Å². The number of ether oxygens (including phenoxy) is 3. The molecule has 0 aromatic carbocycles. The monoisotopic (exact) mass is 1200 g/mol. The van der Waals surface area contributed by atoms with Crippen LogP contribution < -0.4 is 27.9 Å². The Morgan fingerprint density at radius 2 is 1.10 bits per heavy atom. The zero-order valence-electron chi connectivity index (χ0n) is 38.3. The molecule has 46 heteroatoms. The average Bonchev–Trinajstić information content (AvgIpc) is 4.21. The first-order valence-corrected chi connectivity index (χ1v) is 29.0. The summed E-state index contributed by atoms with van der Waals surface area (Å²) in [5.74, 6) is -0.249. The molecule has 4 aliphatic heterocycles. The fraction of sp³-hybridized carbons (Fsp3) is 0.548. The molecule has 9 rings (SSSR count). The van der Waals surface area contributed by atoms with Crippen molar-refractivity contribution in [2.24, 2.45) is 10.7 Å². The van der Waals surface area contributed by atoms with Crippen molar-refractivity contribution in [3.63, 3.8) is 0 Å². The smallest absolute Gasteiger partial charge is 0.387 e. The third-order valence-electron chi connectivity index (χ3n) is 11.5. The number of hydrogen-bond acceptors (Lipinski definition) is 30. The van der Waals surface area contributed by atoms with E-state index in [1.54, 1.807) is 0 Å². The number of anilines is 2. The molecule has 4 aliphatic rings. The number of hydrogen-bond donors (Lipinski definition) is 15. The van der Waals surface area contributed by atoms with E-state index < -0.39 is 156 Å². The molecule has 8 unspecified atom stereocenters. The zero-order valence-corrected chi connectivity index (χ0v) is 42.7. The Kier molecular flexibility index (Phi) is 15.7. The van der Waals surface area contributed by atoms with Crippen LogP contribution in [0.4, 0.5) is 11.8 Å². The molecule has 9 heterocycles. The fourth-order valence-corrected chi connectivity index (χ4v) is 13.2. The van der Waals surface area contributed by atoms with E-state index in [1.807, 2.05) is 0 Å². The van der Waals surface area contributed by atoms with Gasteiger partial charge >= 0.3 is 39.1 Å². The number of rotatable bonds is 20. The molecule has 5 aromatic heterocycles. The van der Waals surface area contributed by atoms with Gasteiger partial charge in [-0.1, -0.05) is 0 Å². The van der Waals surface area contributed by atoms with E-state index in [0.717, 1.165) is 39.0 Å². The summed E-state index contributed by atoms with van der Waals surface area (Å²) in [6.45, 7) is -2.22. The maximum Gasteiger partial charge on any atom is 0.490 e. The molecule has 17 N–H and O–H groups in total. The summed E-state index contributed by atoms with van der Waals surface area (Å²) >= 11 is 0. The third kappa shape index (κ3) is 12.2. The number of aliphatic imine (C=N–C) groups is 1. The molecule has 0 bridgehead atoms. The summed E-state index contributed by atoms with van der Waals surface area (Å²) in [6.07, 6.45) is -19.8. The number of phosphoric ester groups is 3. The van der Waals surface area contributed by atoms with Crippen LogP contribution in [-0.4, -0.2) is 179 Å².